The van der Waals surface area contributed by atoms with Gasteiger partial charge in [-0.15, -0.1) is 0 Å². The average Bonchev–Trinajstić information content (AvgIpc) is 2.12. The van der Waals surface area contributed by atoms with E-state index in [2.05, 4.69) is 6.58 Å². The van der Waals surface area contributed by atoms with E-state index < -0.39 is 23.6 Å². The molecule has 0 saturated heterocycles. The van der Waals surface area contributed by atoms with E-state index in [-0.39, 0.29) is 5.56 Å². The van der Waals surface area contributed by atoms with Crippen LogP contribution in [0.5, 0.6) is 0 Å². The predicted molar refractivity (Wildman–Crippen MR) is 46.1 cm³/mol. The fourth-order valence-corrected chi connectivity index (χ4v) is 1.02. The zero-order valence-corrected chi connectivity index (χ0v) is 7.52. The Kier molecular flexibility index (Phi) is 2.96. The molecule has 0 fully saturated rings. The van der Waals surface area contributed by atoms with E-state index in [0.717, 1.165) is 12.1 Å². The summed E-state index contributed by atoms with van der Waals surface area (Å²) in [6, 6.07) is 1.50. The number of aliphatic hydroxyl groups excluding tert-OH is 1. The first-order chi connectivity index (χ1) is 6.43. The van der Waals surface area contributed by atoms with Crippen LogP contribution in [-0.2, 0) is 0 Å². The topological polar surface area (TPSA) is 20.2 Å². The Morgan fingerprint density at radius 2 is 1.71 bits per heavy atom. The van der Waals surface area contributed by atoms with Gasteiger partial charge in [-0.3, -0.25) is 0 Å². The van der Waals surface area contributed by atoms with Gasteiger partial charge in [0.15, 0.2) is 17.5 Å². The molecule has 76 valence electrons. The zero-order valence-electron chi connectivity index (χ0n) is 7.52. The Morgan fingerprint density at radius 3 is 2.07 bits per heavy atom. The number of rotatable bonds is 2. The van der Waals surface area contributed by atoms with Gasteiger partial charge in [0.2, 0.25) is 0 Å². The standard InChI is InChI=1S/C10H9F3O/c1-5(2)10(14)6-3-7(11)9(13)8(12)4-6/h3-4,10,14H,1H2,2H3. The molecule has 1 aromatic rings. The minimum Gasteiger partial charge on any atom is -0.384 e. The molecule has 14 heavy (non-hydrogen) atoms. The van der Waals surface area contributed by atoms with E-state index in [1.165, 1.54) is 6.92 Å². The normalized spacial score (nSPS) is 12.6. The molecule has 0 bridgehead atoms. The Morgan fingerprint density at radius 1 is 1.29 bits per heavy atom. The quantitative estimate of drug-likeness (QED) is 0.577. The predicted octanol–water partition coefficient (Wildman–Crippen LogP) is 2.71. The summed E-state index contributed by atoms with van der Waals surface area (Å²) >= 11 is 0. The molecule has 1 unspecified atom stereocenters. The van der Waals surface area contributed by atoms with Crippen LogP contribution >= 0.6 is 0 Å². The summed E-state index contributed by atoms with van der Waals surface area (Å²) in [4.78, 5) is 0. The molecule has 0 amide bonds. The highest BCUT2D eigenvalue weighted by molar-refractivity contribution is 5.26. The van der Waals surface area contributed by atoms with Gasteiger partial charge < -0.3 is 5.11 Å². The number of halogens is 3. The highest BCUT2D eigenvalue weighted by Gasteiger charge is 2.15. The molecule has 0 aliphatic rings. The Hall–Kier alpha value is -1.29. The lowest BCUT2D eigenvalue weighted by Gasteiger charge is -2.10. The van der Waals surface area contributed by atoms with Gasteiger partial charge in [0, 0.05) is 0 Å². The summed E-state index contributed by atoms with van der Waals surface area (Å²) in [5, 5.41) is 9.38. The Balaban J connectivity index is 3.19. The molecule has 0 spiro atoms. The lowest BCUT2D eigenvalue weighted by molar-refractivity contribution is 0.214. The van der Waals surface area contributed by atoms with Crippen molar-refractivity contribution in [2.24, 2.45) is 0 Å². The molecule has 1 atom stereocenters. The summed E-state index contributed by atoms with van der Waals surface area (Å²) in [5.74, 6) is -4.18. The monoisotopic (exact) mass is 202 g/mol. The van der Waals surface area contributed by atoms with Gasteiger partial charge in [0.1, 0.15) is 0 Å². The van der Waals surface area contributed by atoms with Crippen molar-refractivity contribution in [3.63, 3.8) is 0 Å². The van der Waals surface area contributed by atoms with Crippen molar-refractivity contribution >= 4 is 0 Å². The molecule has 0 aliphatic heterocycles. The first-order valence-corrected chi connectivity index (χ1v) is 3.91. The van der Waals surface area contributed by atoms with Crippen LogP contribution in [0.2, 0.25) is 0 Å². The van der Waals surface area contributed by atoms with Crippen molar-refractivity contribution < 1.29 is 18.3 Å². The first-order valence-electron chi connectivity index (χ1n) is 3.91. The average molecular weight is 202 g/mol. The maximum Gasteiger partial charge on any atom is 0.194 e. The minimum atomic E-state index is -1.54. The molecule has 4 heteroatoms. The van der Waals surface area contributed by atoms with Crippen LogP contribution in [0.1, 0.15) is 18.6 Å². The molecular weight excluding hydrogens is 193 g/mol. The van der Waals surface area contributed by atoms with Gasteiger partial charge in [-0.1, -0.05) is 6.58 Å². The van der Waals surface area contributed by atoms with Crippen LogP contribution in [0, 0.1) is 17.5 Å². The molecule has 0 aliphatic carbocycles. The van der Waals surface area contributed by atoms with Crippen LogP contribution in [0.4, 0.5) is 13.2 Å². The molecule has 1 N–H and O–H groups in total. The number of benzene rings is 1. The molecular formula is C10H9F3O. The molecule has 0 heterocycles. The molecule has 1 aromatic carbocycles. The summed E-state index contributed by atoms with van der Waals surface area (Å²) in [6.45, 7) is 4.93. The minimum absolute atomic E-state index is 0.0473. The Bertz CT molecular complexity index is 351. The van der Waals surface area contributed by atoms with Crippen LogP contribution in [-0.4, -0.2) is 5.11 Å². The first kappa shape index (κ1) is 10.8. The highest BCUT2D eigenvalue weighted by atomic mass is 19.2. The number of hydrogen-bond acceptors (Lipinski definition) is 1. The lowest BCUT2D eigenvalue weighted by atomic mass is 10.0. The van der Waals surface area contributed by atoms with Crippen molar-refractivity contribution in [2.75, 3.05) is 0 Å². The third-order valence-electron chi connectivity index (χ3n) is 1.79. The number of aliphatic hydroxyl groups is 1. The van der Waals surface area contributed by atoms with Crippen molar-refractivity contribution in [3.8, 4) is 0 Å². The molecule has 0 saturated carbocycles. The summed E-state index contributed by atoms with van der Waals surface area (Å²) < 4.78 is 37.9. The molecule has 0 radical (unpaired) electrons. The van der Waals surface area contributed by atoms with E-state index in [1.54, 1.807) is 0 Å². The van der Waals surface area contributed by atoms with E-state index in [1.807, 2.05) is 0 Å². The zero-order chi connectivity index (χ0) is 10.9. The maximum atomic E-state index is 12.7. The van der Waals surface area contributed by atoms with E-state index in [9.17, 15) is 18.3 Å². The second kappa shape index (κ2) is 3.84. The maximum absolute atomic E-state index is 12.7. The van der Waals surface area contributed by atoms with Crippen molar-refractivity contribution in [3.05, 3.63) is 47.3 Å². The molecule has 0 aromatic heterocycles. The van der Waals surface area contributed by atoms with Gasteiger partial charge in [0.05, 0.1) is 6.10 Å². The smallest absolute Gasteiger partial charge is 0.194 e. The van der Waals surface area contributed by atoms with Gasteiger partial charge in [-0.2, -0.15) is 0 Å². The fourth-order valence-electron chi connectivity index (χ4n) is 1.02. The van der Waals surface area contributed by atoms with Crippen LogP contribution < -0.4 is 0 Å². The number of hydrogen-bond donors (Lipinski definition) is 1. The van der Waals surface area contributed by atoms with Crippen molar-refractivity contribution in [1.29, 1.82) is 0 Å². The largest absolute Gasteiger partial charge is 0.384 e. The second-order valence-corrected chi connectivity index (χ2v) is 3.05. The SMILES string of the molecule is C=C(C)C(O)c1cc(F)c(F)c(F)c1. The van der Waals surface area contributed by atoms with E-state index in [0.29, 0.717) is 5.57 Å². The Labute approximate surface area is 79.5 Å². The van der Waals surface area contributed by atoms with Crippen molar-refractivity contribution in [2.45, 2.75) is 13.0 Å². The third-order valence-corrected chi connectivity index (χ3v) is 1.79. The lowest BCUT2D eigenvalue weighted by Crippen LogP contribution is -2.01. The van der Waals surface area contributed by atoms with Gasteiger partial charge in [0.25, 0.3) is 0 Å². The summed E-state index contributed by atoms with van der Waals surface area (Å²) in [5.41, 5.74) is 0.282. The third kappa shape index (κ3) is 1.96. The molecule has 1 nitrogen and oxygen atoms in total. The highest BCUT2D eigenvalue weighted by Crippen LogP contribution is 2.23. The van der Waals surface area contributed by atoms with Gasteiger partial charge in [-0.25, -0.2) is 13.2 Å². The van der Waals surface area contributed by atoms with Crippen molar-refractivity contribution in [1.82, 2.24) is 0 Å². The summed E-state index contributed by atoms with van der Waals surface area (Å²) in [6.07, 6.45) is -1.18. The van der Waals surface area contributed by atoms with E-state index >= 15 is 0 Å². The van der Waals surface area contributed by atoms with Crippen LogP contribution in [0.25, 0.3) is 0 Å². The van der Waals surface area contributed by atoms with Crippen LogP contribution in [0.15, 0.2) is 24.3 Å². The van der Waals surface area contributed by atoms with Gasteiger partial charge in [-0.05, 0) is 30.2 Å². The van der Waals surface area contributed by atoms with Gasteiger partial charge >= 0.3 is 0 Å². The van der Waals surface area contributed by atoms with E-state index in [4.69, 9.17) is 0 Å². The molecule has 1 rings (SSSR count). The van der Waals surface area contributed by atoms with Crippen LogP contribution in [0.3, 0.4) is 0 Å². The summed E-state index contributed by atoms with van der Waals surface area (Å²) in [7, 11) is 0. The second-order valence-electron chi connectivity index (χ2n) is 3.05. The fraction of sp³-hybridized carbons (Fsp3) is 0.200.